The predicted molar refractivity (Wildman–Crippen MR) is 82.2 cm³/mol. The second-order valence-corrected chi connectivity index (χ2v) is 5.92. The second-order valence-electron chi connectivity index (χ2n) is 5.92. The van der Waals surface area contributed by atoms with Crippen LogP contribution in [-0.2, 0) is 11.3 Å². The fourth-order valence-corrected chi connectivity index (χ4v) is 2.91. The number of benzene rings is 1. The molecule has 2 rings (SSSR count). The molecule has 0 atom stereocenters. The topological polar surface area (TPSA) is 58.6 Å². The zero-order valence-corrected chi connectivity index (χ0v) is 12.9. The fraction of sp³-hybridized carbons (Fsp3) is 0.588. The molecule has 0 aromatic heterocycles. The minimum atomic E-state index is -0.779. The van der Waals surface area contributed by atoms with Crippen LogP contribution in [0.4, 0.5) is 0 Å². The lowest BCUT2D eigenvalue weighted by Crippen LogP contribution is -2.34. The van der Waals surface area contributed by atoms with Gasteiger partial charge in [-0.15, -0.1) is 0 Å². The summed E-state index contributed by atoms with van der Waals surface area (Å²) in [6.07, 6.45) is 3.72. The summed E-state index contributed by atoms with van der Waals surface area (Å²) in [4.78, 5) is 11.9. The number of rotatable bonds is 6. The third-order valence-electron chi connectivity index (χ3n) is 4.05. The lowest BCUT2D eigenvalue weighted by molar-refractivity contribution is -0.126. The van der Waals surface area contributed by atoms with Crippen LogP contribution < -0.4 is 10.1 Å². The van der Waals surface area contributed by atoms with Crippen molar-refractivity contribution in [2.24, 2.45) is 0 Å². The van der Waals surface area contributed by atoms with E-state index in [-0.39, 0.29) is 12.3 Å². The van der Waals surface area contributed by atoms with Crippen molar-refractivity contribution in [3.8, 4) is 5.75 Å². The second kappa shape index (κ2) is 6.94. The minimum Gasteiger partial charge on any atom is -0.494 e. The number of carbonyl (C=O) groups is 1. The molecule has 1 aliphatic carbocycles. The van der Waals surface area contributed by atoms with E-state index in [1.54, 1.807) is 0 Å². The van der Waals surface area contributed by atoms with Crippen molar-refractivity contribution in [1.82, 2.24) is 5.32 Å². The monoisotopic (exact) mass is 291 g/mol. The number of aliphatic hydroxyl groups is 1. The molecular formula is C17H25NO3. The van der Waals surface area contributed by atoms with Crippen molar-refractivity contribution in [1.29, 1.82) is 0 Å². The summed E-state index contributed by atoms with van der Waals surface area (Å²) >= 11 is 0. The maximum Gasteiger partial charge on any atom is 0.223 e. The van der Waals surface area contributed by atoms with Crippen molar-refractivity contribution in [3.63, 3.8) is 0 Å². The average Bonchev–Trinajstić information content (AvgIpc) is 2.86. The van der Waals surface area contributed by atoms with Gasteiger partial charge in [0, 0.05) is 6.54 Å². The summed E-state index contributed by atoms with van der Waals surface area (Å²) in [6.45, 7) is 5.09. The summed E-state index contributed by atoms with van der Waals surface area (Å²) in [6, 6.07) is 5.92. The van der Waals surface area contributed by atoms with Crippen LogP contribution in [0.25, 0.3) is 0 Å². The van der Waals surface area contributed by atoms with Crippen molar-refractivity contribution < 1.29 is 14.6 Å². The fourth-order valence-electron chi connectivity index (χ4n) is 2.91. The Morgan fingerprint density at radius 1 is 1.38 bits per heavy atom. The molecule has 4 nitrogen and oxygen atoms in total. The first-order chi connectivity index (χ1) is 10.0. The largest absolute Gasteiger partial charge is 0.494 e. The highest BCUT2D eigenvalue weighted by Crippen LogP contribution is 2.32. The van der Waals surface area contributed by atoms with Crippen LogP contribution in [0.1, 0.15) is 50.2 Å². The number of aryl methyl sites for hydroxylation is 1. The summed E-state index contributed by atoms with van der Waals surface area (Å²) in [7, 11) is 0. The van der Waals surface area contributed by atoms with Crippen LogP contribution in [0.3, 0.4) is 0 Å². The maximum absolute atomic E-state index is 11.9. The molecule has 0 bridgehead atoms. The van der Waals surface area contributed by atoms with E-state index in [9.17, 15) is 9.90 Å². The van der Waals surface area contributed by atoms with E-state index in [1.807, 2.05) is 32.0 Å². The van der Waals surface area contributed by atoms with Crippen molar-refractivity contribution in [2.75, 3.05) is 6.61 Å². The van der Waals surface area contributed by atoms with E-state index in [1.165, 1.54) is 0 Å². The molecule has 1 saturated carbocycles. The molecule has 1 aliphatic rings. The number of hydrogen-bond acceptors (Lipinski definition) is 3. The Hall–Kier alpha value is -1.55. The van der Waals surface area contributed by atoms with Gasteiger partial charge < -0.3 is 15.2 Å². The predicted octanol–water partition coefficient (Wildman–Crippen LogP) is 2.71. The lowest BCUT2D eigenvalue weighted by atomic mass is 9.97. The standard InChI is InChI=1S/C17H25NO3/c1-3-21-15-7-6-14(10-13(15)2)12-18-16(19)11-17(20)8-4-5-9-17/h6-7,10,20H,3-5,8-9,11-12H2,1-2H3,(H,18,19). The zero-order valence-electron chi connectivity index (χ0n) is 12.9. The molecule has 0 unspecified atom stereocenters. The Labute approximate surface area is 126 Å². The molecule has 116 valence electrons. The Morgan fingerprint density at radius 2 is 2.10 bits per heavy atom. The summed E-state index contributed by atoms with van der Waals surface area (Å²) in [5.41, 5.74) is 1.33. The van der Waals surface area contributed by atoms with Crippen LogP contribution >= 0.6 is 0 Å². The normalized spacial score (nSPS) is 16.7. The molecule has 0 radical (unpaired) electrons. The highest BCUT2D eigenvalue weighted by Gasteiger charge is 2.33. The zero-order chi connectivity index (χ0) is 15.3. The van der Waals surface area contributed by atoms with Gasteiger partial charge in [0.1, 0.15) is 5.75 Å². The van der Waals surface area contributed by atoms with Crippen molar-refractivity contribution in [2.45, 2.75) is 58.1 Å². The molecule has 1 amide bonds. The SMILES string of the molecule is CCOc1ccc(CNC(=O)CC2(O)CCCC2)cc1C. The van der Waals surface area contributed by atoms with Crippen molar-refractivity contribution >= 4 is 5.91 Å². The van der Waals surface area contributed by atoms with Crippen LogP contribution in [0, 0.1) is 6.92 Å². The third kappa shape index (κ3) is 4.46. The molecule has 4 heteroatoms. The van der Waals surface area contributed by atoms with Gasteiger partial charge in [-0.05, 0) is 43.9 Å². The van der Waals surface area contributed by atoms with E-state index in [4.69, 9.17) is 4.74 Å². The van der Waals surface area contributed by atoms with Crippen LogP contribution in [-0.4, -0.2) is 23.2 Å². The van der Waals surface area contributed by atoms with Gasteiger partial charge in [0.05, 0.1) is 18.6 Å². The van der Waals surface area contributed by atoms with Crippen molar-refractivity contribution in [3.05, 3.63) is 29.3 Å². The molecule has 0 saturated heterocycles. The Morgan fingerprint density at radius 3 is 2.71 bits per heavy atom. The molecule has 0 spiro atoms. The molecule has 0 heterocycles. The van der Waals surface area contributed by atoms with E-state index in [0.29, 0.717) is 13.2 Å². The smallest absolute Gasteiger partial charge is 0.223 e. The lowest BCUT2D eigenvalue weighted by Gasteiger charge is -2.21. The number of amides is 1. The summed E-state index contributed by atoms with van der Waals surface area (Å²) < 4.78 is 5.50. The first kappa shape index (κ1) is 15.8. The molecular weight excluding hydrogens is 266 g/mol. The third-order valence-corrected chi connectivity index (χ3v) is 4.05. The van der Waals surface area contributed by atoms with Gasteiger partial charge in [-0.3, -0.25) is 4.79 Å². The molecule has 0 aliphatic heterocycles. The van der Waals surface area contributed by atoms with Gasteiger partial charge in [0.2, 0.25) is 5.91 Å². The van der Waals surface area contributed by atoms with Crippen LogP contribution in [0.15, 0.2) is 18.2 Å². The highest BCUT2D eigenvalue weighted by molar-refractivity contribution is 5.77. The highest BCUT2D eigenvalue weighted by atomic mass is 16.5. The number of nitrogens with one attached hydrogen (secondary N) is 1. The van der Waals surface area contributed by atoms with E-state index in [0.717, 1.165) is 42.6 Å². The molecule has 21 heavy (non-hydrogen) atoms. The minimum absolute atomic E-state index is 0.0778. The summed E-state index contributed by atoms with van der Waals surface area (Å²) in [5, 5.41) is 13.1. The van der Waals surface area contributed by atoms with Gasteiger partial charge in [-0.1, -0.05) is 25.0 Å². The van der Waals surface area contributed by atoms with Gasteiger partial charge in [0.25, 0.3) is 0 Å². The first-order valence-electron chi connectivity index (χ1n) is 7.74. The quantitative estimate of drug-likeness (QED) is 0.847. The van der Waals surface area contributed by atoms with Gasteiger partial charge in [0.15, 0.2) is 0 Å². The number of hydrogen-bond donors (Lipinski definition) is 2. The first-order valence-corrected chi connectivity index (χ1v) is 7.74. The van der Waals surface area contributed by atoms with E-state index < -0.39 is 5.60 Å². The maximum atomic E-state index is 11.9. The Kier molecular flexibility index (Phi) is 5.23. The van der Waals surface area contributed by atoms with Gasteiger partial charge in [-0.25, -0.2) is 0 Å². The Balaban J connectivity index is 1.85. The average molecular weight is 291 g/mol. The molecule has 1 aromatic carbocycles. The van der Waals surface area contributed by atoms with Crippen LogP contribution in [0.2, 0.25) is 0 Å². The molecule has 1 fully saturated rings. The van der Waals surface area contributed by atoms with Crippen LogP contribution in [0.5, 0.6) is 5.75 Å². The van der Waals surface area contributed by atoms with Gasteiger partial charge in [-0.2, -0.15) is 0 Å². The Bertz CT molecular complexity index is 493. The summed E-state index contributed by atoms with van der Waals surface area (Å²) in [5.74, 6) is 0.804. The van der Waals surface area contributed by atoms with E-state index in [2.05, 4.69) is 5.32 Å². The number of ether oxygens (including phenoxy) is 1. The number of carbonyl (C=O) groups excluding carboxylic acids is 1. The molecule has 1 aromatic rings. The van der Waals surface area contributed by atoms with Gasteiger partial charge >= 0.3 is 0 Å². The molecule has 2 N–H and O–H groups in total. The van der Waals surface area contributed by atoms with E-state index >= 15 is 0 Å².